The van der Waals surface area contributed by atoms with Crippen LogP contribution in [0.2, 0.25) is 0 Å². The van der Waals surface area contributed by atoms with Gasteiger partial charge in [-0.1, -0.05) is 30.3 Å². The Morgan fingerprint density at radius 3 is 2.73 bits per heavy atom. The molecule has 2 aliphatic heterocycles. The number of fused-ring (bicyclic) bond motifs is 1. The molecule has 9 heteroatoms. The van der Waals surface area contributed by atoms with Crippen LogP contribution in [0.15, 0.2) is 54.7 Å². The molecule has 44 heavy (non-hydrogen) atoms. The van der Waals surface area contributed by atoms with Crippen molar-refractivity contribution in [2.75, 3.05) is 32.9 Å². The minimum atomic E-state index is -1.70. The minimum Gasteiger partial charge on any atom is -0.488 e. The van der Waals surface area contributed by atoms with E-state index in [-0.39, 0.29) is 11.4 Å². The van der Waals surface area contributed by atoms with Gasteiger partial charge in [-0.3, -0.25) is 4.90 Å². The van der Waals surface area contributed by atoms with Gasteiger partial charge in [0.2, 0.25) is 5.88 Å². The van der Waals surface area contributed by atoms with Gasteiger partial charge in [0, 0.05) is 31.8 Å². The van der Waals surface area contributed by atoms with Crippen molar-refractivity contribution in [3.8, 4) is 28.7 Å². The first-order valence-corrected chi connectivity index (χ1v) is 15.6. The van der Waals surface area contributed by atoms with E-state index in [0.29, 0.717) is 24.9 Å². The van der Waals surface area contributed by atoms with Crippen LogP contribution < -0.4 is 9.47 Å². The number of pyridine rings is 1. The molecule has 0 saturated carbocycles. The summed E-state index contributed by atoms with van der Waals surface area (Å²) in [5.41, 5.74) is 8.20. The number of aliphatic hydroxyl groups is 2. The van der Waals surface area contributed by atoms with Crippen LogP contribution in [-0.2, 0) is 24.3 Å². The molecule has 1 saturated heterocycles. The number of aliphatic hydroxyl groups excluding tert-OH is 1. The van der Waals surface area contributed by atoms with Gasteiger partial charge >= 0.3 is 0 Å². The van der Waals surface area contributed by atoms with Crippen LogP contribution in [0, 0.1) is 19.8 Å². The number of ether oxygens (including phenoxy) is 3. The van der Waals surface area contributed by atoms with Crippen molar-refractivity contribution in [2.45, 2.75) is 59.5 Å². The molecule has 2 aromatic heterocycles. The molecular formula is C35H42N4O5. The number of hydrogen-bond acceptors (Lipinski definition) is 8. The number of rotatable bonds is 10. The summed E-state index contributed by atoms with van der Waals surface area (Å²) in [5.74, 6) is 2.18. The fourth-order valence-electron chi connectivity index (χ4n) is 6.43. The Morgan fingerprint density at radius 2 is 1.93 bits per heavy atom. The molecule has 1 atom stereocenters. The molecule has 4 aromatic rings. The number of aryl methyl sites for hydroxylation is 1. The third kappa shape index (κ3) is 6.37. The Bertz CT molecular complexity index is 1590. The minimum absolute atomic E-state index is 0.186. The second kappa shape index (κ2) is 13.5. The summed E-state index contributed by atoms with van der Waals surface area (Å²) < 4.78 is 19.5. The van der Waals surface area contributed by atoms with Gasteiger partial charge in [0.05, 0.1) is 30.7 Å². The highest BCUT2D eigenvalue weighted by atomic mass is 16.5. The van der Waals surface area contributed by atoms with Crippen molar-refractivity contribution in [3.63, 3.8) is 0 Å². The average molecular weight is 599 g/mol. The fraction of sp³-hybridized carbons (Fsp3) is 0.429. The Morgan fingerprint density at radius 1 is 1.07 bits per heavy atom. The van der Waals surface area contributed by atoms with Crippen LogP contribution in [0.1, 0.15) is 59.4 Å². The monoisotopic (exact) mass is 598 g/mol. The van der Waals surface area contributed by atoms with Gasteiger partial charge in [-0.05, 0) is 92.0 Å². The van der Waals surface area contributed by atoms with Crippen LogP contribution in [0.5, 0.6) is 11.6 Å². The second-order valence-corrected chi connectivity index (χ2v) is 11.8. The summed E-state index contributed by atoms with van der Waals surface area (Å²) in [6, 6.07) is 16.2. The van der Waals surface area contributed by atoms with E-state index < -0.39 is 6.29 Å². The van der Waals surface area contributed by atoms with Gasteiger partial charge < -0.3 is 24.4 Å². The molecule has 0 unspecified atom stereocenters. The van der Waals surface area contributed by atoms with Crippen LogP contribution >= 0.6 is 0 Å². The lowest BCUT2D eigenvalue weighted by molar-refractivity contribution is -0.0442. The second-order valence-electron chi connectivity index (χ2n) is 11.8. The first-order chi connectivity index (χ1) is 21.4. The topological polar surface area (TPSA) is 102 Å². The predicted octanol–water partition coefficient (Wildman–Crippen LogP) is 5.30. The van der Waals surface area contributed by atoms with E-state index >= 15 is 0 Å². The molecule has 0 spiro atoms. The summed E-state index contributed by atoms with van der Waals surface area (Å²) in [6.07, 6.45) is 3.19. The first-order valence-electron chi connectivity index (χ1n) is 15.6. The van der Waals surface area contributed by atoms with Gasteiger partial charge in [-0.25, -0.2) is 4.98 Å². The van der Waals surface area contributed by atoms with E-state index in [2.05, 4.69) is 29.1 Å². The number of hydrogen-bond donors (Lipinski definition) is 2. The maximum atomic E-state index is 9.78. The summed E-state index contributed by atoms with van der Waals surface area (Å²) in [4.78, 5) is 7.46. The van der Waals surface area contributed by atoms with E-state index in [0.717, 1.165) is 61.8 Å². The maximum Gasteiger partial charge on any atom is 0.226 e. The predicted molar refractivity (Wildman–Crippen MR) is 168 cm³/mol. The number of para-hydroxylation sites is 1. The zero-order valence-electron chi connectivity index (χ0n) is 25.8. The Labute approximate surface area is 259 Å². The highest BCUT2D eigenvalue weighted by Crippen LogP contribution is 2.35. The molecule has 4 heterocycles. The molecule has 2 N–H and O–H groups in total. The molecule has 2 aliphatic rings. The van der Waals surface area contributed by atoms with Crippen molar-refractivity contribution in [3.05, 3.63) is 88.1 Å². The Hall–Kier alpha value is -3.76. The standard InChI is InChI=1S/C35H42N4O5/c1-4-43-34-30(35(40)41)18-36-39(34)32-12-6-11-31(37-32)29-10-5-8-23(2)33(29)44-22-27-14-13-26-20-38(16-15-28(26)24(27)3)19-25-9-7-17-42-21-25/h5-6,8,10-14,18,25,35,40-41H,4,7,9,15-17,19-22H2,1-3H3/t25-/m0/s1. The Balaban J connectivity index is 1.21. The van der Waals surface area contributed by atoms with Gasteiger partial charge in [0.1, 0.15) is 12.4 Å². The molecule has 1 fully saturated rings. The van der Waals surface area contributed by atoms with Crippen LogP contribution in [-0.4, -0.2) is 62.8 Å². The number of nitrogens with zero attached hydrogens (tertiary/aromatic N) is 4. The highest BCUT2D eigenvalue weighted by Gasteiger charge is 2.24. The molecule has 0 bridgehead atoms. The van der Waals surface area contributed by atoms with Crippen molar-refractivity contribution >= 4 is 0 Å². The fourth-order valence-corrected chi connectivity index (χ4v) is 6.43. The summed E-state index contributed by atoms with van der Waals surface area (Å²) in [7, 11) is 0. The van der Waals surface area contributed by atoms with Crippen molar-refractivity contribution in [1.82, 2.24) is 19.7 Å². The van der Waals surface area contributed by atoms with Crippen molar-refractivity contribution in [2.24, 2.45) is 5.92 Å². The normalized spacial score (nSPS) is 17.1. The molecule has 9 nitrogen and oxygen atoms in total. The molecule has 0 radical (unpaired) electrons. The number of aromatic nitrogens is 3. The summed E-state index contributed by atoms with van der Waals surface area (Å²) >= 11 is 0. The SMILES string of the molecule is CCOc1c(C(O)O)cnn1-c1cccc(-c2cccc(C)c2OCc2ccc3c(c2C)CCN(C[C@@H]2CCCOC2)C3)n1. The summed E-state index contributed by atoms with van der Waals surface area (Å²) in [5, 5.41) is 23.9. The third-order valence-electron chi connectivity index (χ3n) is 8.77. The lowest BCUT2D eigenvalue weighted by Gasteiger charge is -2.34. The maximum absolute atomic E-state index is 9.78. The molecule has 0 amide bonds. The van der Waals surface area contributed by atoms with E-state index in [1.807, 2.05) is 50.2 Å². The van der Waals surface area contributed by atoms with Crippen LogP contribution in [0.4, 0.5) is 0 Å². The van der Waals surface area contributed by atoms with Gasteiger partial charge in [-0.2, -0.15) is 9.78 Å². The van der Waals surface area contributed by atoms with Crippen molar-refractivity contribution < 1.29 is 24.4 Å². The Kier molecular flexibility index (Phi) is 9.28. The molecule has 2 aromatic carbocycles. The summed E-state index contributed by atoms with van der Waals surface area (Å²) in [6.45, 7) is 11.9. The van der Waals surface area contributed by atoms with Crippen LogP contribution in [0.25, 0.3) is 17.1 Å². The highest BCUT2D eigenvalue weighted by molar-refractivity contribution is 5.69. The van der Waals surface area contributed by atoms with Gasteiger partial charge in [0.25, 0.3) is 0 Å². The quantitative estimate of drug-likeness (QED) is 0.237. The lowest BCUT2D eigenvalue weighted by Crippen LogP contribution is -2.37. The van der Waals surface area contributed by atoms with E-state index in [4.69, 9.17) is 19.2 Å². The zero-order chi connectivity index (χ0) is 30.6. The van der Waals surface area contributed by atoms with Gasteiger partial charge in [-0.15, -0.1) is 0 Å². The van der Waals surface area contributed by atoms with E-state index in [9.17, 15) is 10.2 Å². The molecule has 232 valence electrons. The molecule has 0 aliphatic carbocycles. The average Bonchev–Trinajstić information content (AvgIpc) is 3.46. The van der Waals surface area contributed by atoms with E-state index in [1.165, 1.54) is 46.0 Å². The van der Waals surface area contributed by atoms with Crippen molar-refractivity contribution in [1.29, 1.82) is 0 Å². The van der Waals surface area contributed by atoms with Gasteiger partial charge in [0.15, 0.2) is 12.1 Å². The first kappa shape index (κ1) is 30.3. The largest absolute Gasteiger partial charge is 0.488 e. The van der Waals surface area contributed by atoms with E-state index in [1.54, 1.807) is 0 Å². The molecular weight excluding hydrogens is 556 g/mol. The lowest BCUT2D eigenvalue weighted by atomic mass is 9.91. The number of benzene rings is 2. The van der Waals surface area contributed by atoms with Crippen LogP contribution in [0.3, 0.4) is 0 Å². The smallest absolute Gasteiger partial charge is 0.226 e. The zero-order valence-corrected chi connectivity index (χ0v) is 25.8. The molecule has 6 rings (SSSR count). The third-order valence-corrected chi connectivity index (χ3v) is 8.77.